The Morgan fingerprint density at radius 2 is 2.00 bits per heavy atom. The van der Waals surface area contributed by atoms with Crippen molar-refractivity contribution < 1.29 is 9.47 Å². The first-order valence-corrected chi connectivity index (χ1v) is 9.81. The number of benzene rings is 1. The van der Waals surface area contributed by atoms with E-state index in [9.17, 15) is 0 Å². The van der Waals surface area contributed by atoms with Crippen LogP contribution in [-0.2, 0) is 0 Å². The van der Waals surface area contributed by atoms with Gasteiger partial charge in [0.15, 0.2) is 5.96 Å². The van der Waals surface area contributed by atoms with Gasteiger partial charge in [-0.05, 0) is 56.9 Å². The maximum Gasteiger partial charge on any atom is 0.191 e. The van der Waals surface area contributed by atoms with Crippen molar-refractivity contribution in [1.29, 1.82) is 0 Å². The van der Waals surface area contributed by atoms with Gasteiger partial charge in [0.2, 0.25) is 0 Å². The molecule has 1 atom stereocenters. The van der Waals surface area contributed by atoms with E-state index in [2.05, 4.69) is 35.7 Å². The fourth-order valence-corrected chi connectivity index (χ4v) is 2.82. The Bertz CT molecular complexity index is 515. The third-order valence-corrected chi connectivity index (χ3v) is 4.32. The number of nitrogens with zero attached hydrogens (tertiary/aromatic N) is 1. The molecule has 0 radical (unpaired) electrons. The summed E-state index contributed by atoms with van der Waals surface area (Å²) in [5.41, 5.74) is 1.05. The van der Waals surface area contributed by atoms with Crippen LogP contribution in [0.4, 0.5) is 0 Å². The third-order valence-electron chi connectivity index (χ3n) is 3.63. The molecular formula is C18H32IN3O2S. The highest BCUT2D eigenvalue weighted by Crippen LogP contribution is 2.29. The maximum atomic E-state index is 5.47. The van der Waals surface area contributed by atoms with Crippen molar-refractivity contribution in [1.82, 2.24) is 10.6 Å². The first-order chi connectivity index (χ1) is 11.7. The zero-order chi connectivity index (χ0) is 17.8. The molecule has 1 aromatic carbocycles. The van der Waals surface area contributed by atoms with Crippen molar-refractivity contribution in [2.45, 2.75) is 32.7 Å². The third kappa shape index (κ3) is 8.89. The Hall–Kier alpha value is -0.830. The van der Waals surface area contributed by atoms with Crippen LogP contribution >= 0.6 is 35.7 Å². The normalized spacial score (nSPS) is 12.1. The van der Waals surface area contributed by atoms with Gasteiger partial charge < -0.3 is 20.1 Å². The number of methoxy groups -OCH3 is 2. The summed E-state index contributed by atoms with van der Waals surface area (Å²) in [7, 11) is 3.35. The van der Waals surface area contributed by atoms with E-state index < -0.39 is 0 Å². The Morgan fingerprint density at radius 3 is 2.60 bits per heavy atom. The monoisotopic (exact) mass is 481 g/mol. The molecule has 0 aromatic heterocycles. The molecule has 0 heterocycles. The van der Waals surface area contributed by atoms with Crippen LogP contribution in [0.1, 0.15) is 38.3 Å². The van der Waals surface area contributed by atoms with E-state index in [1.807, 2.05) is 30.0 Å². The number of guanidine groups is 1. The number of ether oxygens (including phenoxy) is 2. The van der Waals surface area contributed by atoms with Crippen molar-refractivity contribution in [3.05, 3.63) is 23.8 Å². The van der Waals surface area contributed by atoms with E-state index >= 15 is 0 Å². The van der Waals surface area contributed by atoms with Crippen molar-refractivity contribution >= 4 is 41.7 Å². The Labute approximate surface area is 173 Å². The van der Waals surface area contributed by atoms with E-state index in [4.69, 9.17) is 9.47 Å². The molecule has 0 amide bonds. The molecule has 0 aliphatic heterocycles. The lowest BCUT2D eigenvalue weighted by Crippen LogP contribution is -2.39. The minimum Gasteiger partial charge on any atom is -0.497 e. The molecule has 1 aromatic rings. The number of aliphatic imine (C=N–C) groups is 1. The quantitative estimate of drug-likeness (QED) is 0.228. The van der Waals surface area contributed by atoms with Crippen molar-refractivity contribution in [3.63, 3.8) is 0 Å². The van der Waals surface area contributed by atoms with Crippen LogP contribution in [0.3, 0.4) is 0 Å². The zero-order valence-electron chi connectivity index (χ0n) is 15.9. The zero-order valence-corrected chi connectivity index (χ0v) is 19.1. The molecule has 0 saturated carbocycles. The lowest BCUT2D eigenvalue weighted by atomic mass is 10.1. The fourth-order valence-electron chi connectivity index (χ4n) is 2.33. The second-order valence-corrected chi connectivity index (χ2v) is 6.42. The topological polar surface area (TPSA) is 54.9 Å². The molecule has 25 heavy (non-hydrogen) atoms. The van der Waals surface area contributed by atoms with Crippen LogP contribution in [0.15, 0.2) is 23.2 Å². The predicted molar refractivity (Wildman–Crippen MR) is 120 cm³/mol. The largest absolute Gasteiger partial charge is 0.497 e. The number of nitrogens with one attached hydrogen (secondary N) is 2. The van der Waals surface area contributed by atoms with Crippen LogP contribution < -0.4 is 20.1 Å². The molecule has 0 spiro atoms. The number of hydrogen-bond donors (Lipinski definition) is 2. The summed E-state index contributed by atoms with van der Waals surface area (Å²) < 4.78 is 10.8. The second-order valence-electron chi connectivity index (χ2n) is 5.43. The fraction of sp³-hybridized carbons (Fsp3) is 0.611. The first-order valence-electron chi connectivity index (χ1n) is 8.41. The van der Waals surface area contributed by atoms with Crippen LogP contribution in [0.5, 0.6) is 11.5 Å². The average Bonchev–Trinajstić information content (AvgIpc) is 2.60. The summed E-state index contributed by atoms with van der Waals surface area (Å²) >= 11 is 1.88. The number of rotatable bonds is 10. The number of hydrogen-bond acceptors (Lipinski definition) is 4. The summed E-state index contributed by atoms with van der Waals surface area (Å²) in [4.78, 5) is 4.66. The Morgan fingerprint density at radius 1 is 1.24 bits per heavy atom. The Balaban J connectivity index is 0.00000576. The molecule has 1 unspecified atom stereocenters. The van der Waals surface area contributed by atoms with Crippen LogP contribution in [0.25, 0.3) is 0 Å². The predicted octanol–water partition coefficient (Wildman–Crippen LogP) is 4.08. The number of unbranched alkanes of at least 4 members (excludes halogenated alkanes) is 1. The van der Waals surface area contributed by atoms with Gasteiger partial charge in [0, 0.05) is 18.7 Å². The van der Waals surface area contributed by atoms with Gasteiger partial charge in [0.05, 0.1) is 20.3 Å². The summed E-state index contributed by atoms with van der Waals surface area (Å²) in [6.07, 6.45) is 4.44. The van der Waals surface area contributed by atoms with Gasteiger partial charge >= 0.3 is 0 Å². The highest BCUT2D eigenvalue weighted by atomic mass is 127. The van der Waals surface area contributed by atoms with E-state index in [-0.39, 0.29) is 30.0 Å². The lowest BCUT2D eigenvalue weighted by molar-refractivity contribution is 0.394. The molecule has 0 saturated heterocycles. The van der Waals surface area contributed by atoms with Gasteiger partial charge in [-0.3, -0.25) is 4.99 Å². The summed E-state index contributed by atoms with van der Waals surface area (Å²) in [5.74, 6) is 3.68. The SMILES string of the molecule is CCNC(=NCCCCSC)NC(C)c1cc(OC)ccc1OC.I. The van der Waals surface area contributed by atoms with Crippen LogP contribution in [0, 0.1) is 0 Å². The highest BCUT2D eigenvalue weighted by molar-refractivity contribution is 14.0. The van der Waals surface area contributed by atoms with Crippen molar-refractivity contribution in [2.75, 3.05) is 39.3 Å². The molecule has 5 nitrogen and oxygen atoms in total. The van der Waals surface area contributed by atoms with Gasteiger partial charge in [0.1, 0.15) is 11.5 Å². The average molecular weight is 481 g/mol. The van der Waals surface area contributed by atoms with Gasteiger partial charge in [-0.25, -0.2) is 0 Å². The molecule has 0 aliphatic carbocycles. The van der Waals surface area contributed by atoms with E-state index in [1.54, 1.807) is 14.2 Å². The van der Waals surface area contributed by atoms with Crippen LogP contribution in [0.2, 0.25) is 0 Å². The second kappa shape index (κ2) is 14.4. The standard InChI is InChI=1S/C18H31N3O2S.HI/c1-6-19-18(20-11-7-8-12-24-5)21-14(2)16-13-15(22-3)9-10-17(16)23-4;/h9-10,13-14H,6-8,11-12H2,1-5H3,(H2,19,20,21);1H. The Kier molecular flexibility index (Phi) is 13.9. The van der Waals surface area contributed by atoms with Crippen molar-refractivity contribution in [2.24, 2.45) is 4.99 Å². The smallest absolute Gasteiger partial charge is 0.191 e. The minimum atomic E-state index is 0. The summed E-state index contributed by atoms with van der Waals surface area (Å²) in [5, 5.41) is 6.75. The van der Waals surface area contributed by atoms with Gasteiger partial charge in [-0.1, -0.05) is 0 Å². The molecule has 2 N–H and O–H groups in total. The van der Waals surface area contributed by atoms with Gasteiger partial charge in [-0.2, -0.15) is 11.8 Å². The molecule has 144 valence electrons. The lowest BCUT2D eigenvalue weighted by Gasteiger charge is -2.20. The first kappa shape index (κ1) is 24.2. The van der Waals surface area contributed by atoms with E-state index in [0.717, 1.165) is 42.5 Å². The molecule has 0 aliphatic rings. The van der Waals surface area contributed by atoms with Gasteiger partial charge in [-0.15, -0.1) is 24.0 Å². The molecule has 1 rings (SSSR count). The molecule has 7 heteroatoms. The van der Waals surface area contributed by atoms with E-state index in [0.29, 0.717) is 0 Å². The van der Waals surface area contributed by atoms with Crippen molar-refractivity contribution in [3.8, 4) is 11.5 Å². The number of thioether (sulfide) groups is 1. The summed E-state index contributed by atoms with van der Waals surface area (Å²) in [6.45, 7) is 5.83. The summed E-state index contributed by atoms with van der Waals surface area (Å²) in [6, 6.07) is 5.89. The molecular weight excluding hydrogens is 449 g/mol. The molecule has 0 fully saturated rings. The highest BCUT2D eigenvalue weighted by Gasteiger charge is 2.14. The maximum absolute atomic E-state index is 5.47. The number of halogens is 1. The minimum absolute atomic E-state index is 0. The van der Waals surface area contributed by atoms with Gasteiger partial charge in [0.25, 0.3) is 0 Å². The van der Waals surface area contributed by atoms with E-state index in [1.165, 1.54) is 12.2 Å². The molecule has 0 bridgehead atoms. The van der Waals surface area contributed by atoms with Crippen LogP contribution in [-0.4, -0.2) is 45.3 Å².